The van der Waals surface area contributed by atoms with Crippen molar-refractivity contribution in [2.75, 3.05) is 6.54 Å². The van der Waals surface area contributed by atoms with Gasteiger partial charge in [-0.15, -0.1) is 0 Å². The van der Waals surface area contributed by atoms with Crippen LogP contribution in [0.3, 0.4) is 0 Å². The van der Waals surface area contributed by atoms with Crippen LogP contribution in [0.25, 0.3) is 11.1 Å². The normalized spacial score (nSPS) is 12.6. The van der Waals surface area contributed by atoms with Crippen molar-refractivity contribution in [3.63, 3.8) is 0 Å². The maximum atomic E-state index is 14.0. The van der Waals surface area contributed by atoms with Crippen molar-refractivity contribution in [3.8, 4) is 11.1 Å². The average molecular weight is 408 g/mol. The lowest BCUT2D eigenvalue weighted by Crippen LogP contribution is -2.17. The molecule has 0 amide bonds. The third-order valence-electron chi connectivity index (χ3n) is 5.23. The Labute approximate surface area is 178 Å². The lowest BCUT2D eigenvalue weighted by molar-refractivity contribution is -0.138. The van der Waals surface area contributed by atoms with Gasteiger partial charge in [-0.1, -0.05) is 86.6 Å². The summed E-state index contributed by atoms with van der Waals surface area (Å²) in [4.78, 5) is 10.8. The van der Waals surface area contributed by atoms with Gasteiger partial charge < -0.3 is 10.8 Å². The van der Waals surface area contributed by atoms with Crippen LogP contribution < -0.4 is 5.73 Å². The van der Waals surface area contributed by atoms with Gasteiger partial charge in [-0.2, -0.15) is 0 Å². The molecule has 4 heteroatoms. The molecule has 30 heavy (non-hydrogen) atoms. The number of hydrogen-bond donors (Lipinski definition) is 2. The highest BCUT2D eigenvalue weighted by atomic mass is 19.1. The highest BCUT2D eigenvalue weighted by Crippen LogP contribution is 2.26. The maximum absolute atomic E-state index is 14.0. The number of rotatable bonds is 6. The predicted molar refractivity (Wildman–Crippen MR) is 121 cm³/mol. The highest BCUT2D eigenvalue weighted by molar-refractivity contribution is 5.76. The minimum absolute atomic E-state index is 0.396. The summed E-state index contributed by atoms with van der Waals surface area (Å²) in [6, 6.07) is 24.2. The lowest BCUT2D eigenvalue weighted by Gasteiger charge is -2.18. The van der Waals surface area contributed by atoms with E-state index in [0.29, 0.717) is 23.0 Å². The van der Waals surface area contributed by atoms with E-state index in [1.165, 1.54) is 11.6 Å². The van der Waals surface area contributed by atoms with Crippen LogP contribution in [0, 0.1) is 11.7 Å². The van der Waals surface area contributed by atoms with Crippen molar-refractivity contribution in [1.82, 2.24) is 0 Å². The zero-order valence-corrected chi connectivity index (χ0v) is 17.8. The van der Waals surface area contributed by atoms with E-state index in [4.69, 9.17) is 10.8 Å². The van der Waals surface area contributed by atoms with Crippen LogP contribution in [0.2, 0.25) is 0 Å². The van der Waals surface area contributed by atoms with E-state index < -0.39 is 17.7 Å². The summed E-state index contributed by atoms with van der Waals surface area (Å²) in [6.45, 7) is 6.70. The molecule has 0 aliphatic rings. The van der Waals surface area contributed by atoms with Gasteiger partial charge in [-0.05, 0) is 48.1 Å². The van der Waals surface area contributed by atoms with Crippen molar-refractivity contribution < 1.29 is 14.3 Å². The number of benzene rings is 3. The molecule has 3 rings (SSSR count). The molecular formula is C26H30FNO2. The number of halogens is 1. The largest absolute Gasteiger partial charge is 0.481 e. The minimum Gasteiger partial charge on any atom is -0.481 e. The first-order valence-electron chi connectivity index (χ1n) is 10.2. The molecule has 158 valence electrons. The number of aliphatic carboxylic acids is 1. The molecule has 3 aromatic carbocycles. The topological polar surface area (TPSA) is 63.3 Å². The Balaban J connectivity index is 0.000000232. The molecule has 0 unspecified atom stereocenters. The van der Waals surface area contributed by atoms with Crippen LogP contribution in [0.4, 0.5) is 4.39 Å². The molecule has 2 atom stereocenters. The zero-order valence-electron chi connectivity index (χ0n) is 17.8. The second-order valence-electron chi connectivity index (χ2n) is 7.66. The summed E-state index contributed by atoms with van der Waals surface area (Å²) >= 11 is 0. The summed E-state index contributed by atoms with van der Waals surface area (Å²) < 4.78 is 14.0. The molecule has 0 fully saturated rings. The molecule has 0 saturated heterocycles. The minimum atomic E-state index is -0.957. The molecule has 0 bridgehead atoms. The van der Waals surface area contributed by atoms with Gasteiger partial charge in [-0.25, -0.2) is 4.39 Å². The van der Waals surface area contributed by atoms with Crippen molar-refractivity contribution in [3.05, 3.63) is 95.8 Å². The SMILES string of the molecule is CC(C)[C@H](CN)c1ccccc1.C[C@H](C(=O)O)c1ccc(-c2ccccc2)c(F)c1. The van der Waals surface area contributed by atoms with Gasteiger partial charge in [0.15, 0.2) is 0 Å². The maximum Gasteiger partial charge on any atom is 0.310 e. The standard InChI is InChI=1S/C15H13FO2.C11H17N/c1-10(15(17)18)12-7-8-13(14(16)9-12)11-5-3-2-4-6-11;1-9(2)11(8-12)10-6-4-3-5-7-10/h2-10H,1H3,(H,17,18);3-7,9,11H,8,12H2,1-2H3/t10-;11-/m00/s1. The molecule has 3 nitrogen and oxygen atoms in total. The van der Waals surface area contributed by atoms with Crippen molar-refractivity contribution >= 4 is 5.97 Å². The molecule has 3 aromatic rings. The molecule has 0 aliphatic carbocycles. The number of hydrogen-bond acceptors (Lipinski definition) is 2. The third kappa shape index (κ3) is 6.26. The third-order valence-corrected chi connectivity index (χ3v) is 5.23. The van der Waals surface area contributed by atoms with E-state index in [2.05, 4.69) is 38.1 Å². The van der Waals surface area contributed by atoms with Gasteiger partial charge in [0.1, 0.15) is 5.82 Å². The van der Waals surface area contributed by atoms with E-state index in [9.17, 15) is 9.18 Å². The van der Waals surface area contributed by atoms with Crippen LogP contribution in [-0.4, -0.2) is 17.6 Å². The zero-order chi connectivity index (χ0) is 22.1. The second kappa shape index (κ2) is 11.3. The quantitative estimate of drug-likeness (QED) is 0.521. The van der Waals surface area contributed by atoms with Crippen molar-refractivity contribution in [2.45, 2.75) is 32.6 Å². The fraction of sp³-hybridized carbons (Fsp3) is 0.269. The molecule has 0 heterocycles. The highest BCUT2D eigenvalue weighted by Gasteiger charge is 2.16. The first-order valence-corrected chi connectivity index (χ1v) is 10.2. The van der Waals surface area contributed by atoms with E-state index in [-0.39, 0.29) is 0 Å². The van der Waals surface area contributed by atoms with Gasteiger partial charge in [0.25, 0.3) is 0 Å². The number of nitrogens with two attached hydrogens (primary N) is 1. The van der Waals surface area contributed by atoms with Gasteiger partial charge in [0.2, 0.25) is 0 Å². The Kier molecular flexibility index (Phi) is 8.75. The summed E-state index contributed by atoms with van der Waals surface area (Å²) in [6.07, 6.45) is 0. The number of carboxylic acid groups (broad SMARTS) is 1. The fourth-order valence-corrected chi connectivity index (χ4v) is 3.29. The molecule has 3 N–H and O–H groups in total. The molecule has 0 aliphatic heterocycles. The predicted octanol–water partition coefficient (Wildman–Crippen LogP) is 6.07. The monoisotopic (exact) mass is 407 g/mol. The summed E-state index contributed by atoms with van der Waals surface area (Å²) in [5.41, 5.74) is 8.80. The van der Waals surface area contributed by atoms with Crippen LogP contribution in [0.1, 0.15) is 43.7 Å². The first kappa shape index (κ1) is 23.3. The summed E-state index contributed by atoms with van der Waals surface area (Å²) in [7, 11) is 0. The van der Waals surface area contributed by atoms with Gasteiger partial charge >= 0.3 is 5.97 Å². The Morgan fingerprint density at radius 3 is 1.93 bits per heavy atom. The van der Waals surface area contributed by atoms with E-state index >= 15 is 0 Å². The first-order chi connectivity index (χ1) is 14.3. The molecule has 0 aromatic heterocycles. The average Bonchev–Trinajstić information content (AvgIpc) is 2.75. The molecule has 0 spiro atoms. The lowest BCUT2D eigenvalue weighted by atomic mass is 9.89. The Hall–Kier alpha value is -2.98. The van der Waals surface area contributed by atoms with E-state index in [1.54, 1.807) is 19.1 Å². The summed E-state index contributed by atoms with van der Waals surface area (Å²) in [5, 5.41) is 8.89. The molecule has 0 saturated carbocycles. The van der Waals surface area contributed by atoms with Crippen molar-refractivity contribution in [1.29, 1.82) is 0 Å². The number of carbonyl (C=O) groups is 1. The van der Waals surface area contributed by atoms with Crippen molar-refractivity contribution in [2.24, 2.45) is 11.7 Å². The van der Waals surface area contributed by atoms with Crippen LogP contribution in [0.15, 0.2) is 78.9 Å². The van der Waals surface area contributed by atoms with Gasteiger partial charge in [-0.3, -0.25) is 4.79 Å². The Morgan fingerprint density at radius 1 is 0.900 bits per heavy atom. The summed E-state index contributed by atoms with van der Waals surface area (Å²) in [5.74, 6) is -0.929. The van der Waals surface area contributed by atoms with E-state index in [0.717, 1.165) is 12.1 Å². The van der Waals surface area contributed by atoms with Gasteiger partial charge in [0, 0.05) is 5.56 Å². The fourth-order valence-electron chi connectivity index (χ4n) is 3.29. The van der Waals surface area contributed by atoms with Crippen LogP contribution in [-0.2, 0) is 4.79 Å². The number of carboxylic acids is 1. The van der Waals surface area contributed by atoms with Crippen LogP contribution >= 0.6 is 0 Å². The Morgan fingerprint density at radius 2 is 1.47 bits per heavy atom. The molecular weight excluding hydrogens is 377 g/mol. The second-order valence-corrected chi connectivity index (χ2v) is 7.66. The van der Waals surface area contributed by atoms with E-state index in [1.807, 2.05) is 36.4 Å². The van der Waals surface area contributed by atoms with Crippen LogP contribution in [0.5, 0.6) is 0 Å². The Bertz CT molecular complexity index is 926. The smallest absolute Gasteiger partial charge is 0.310 e. The molecule has 0 radical (unpaired) electrons. The van der Waals surface area contributed by atoms with Gasteiger partial charge in [0.05, 0.1) is 5.92 Å².